The van der Waals surface area contributed by atoms with Crippen LogP contribution in [0.2, 0.25) is 0 Å². The van der Waals surface area contributed by atoms with E-state index in [9.17, 15) is 9.90 Å². The van der Waals surface area contributed by atoms with Crippen LogP contribution in [0.15, 0.2) is 57.8 Å². The summed E-state index contributed by atoms with van der Waals surface area (Å²) in [5.74, 6) is 0.357. The van der Waals surface area contributed by atoms with Crippen molar-refractivity contribution in [1.82, 2.24) is 5.16 Å². The molecule has 3 rings (SSSR count). The van der Waals surface area contributed by atoms with Crippen molar-refractivity contribution in [1.29, 1.82) is 0 Å². The summed E-state index contributed by atoms with van der Waals surface area (Å²) >= 11 is 0. The van der Waals surface area contributed by atoms with Gasteiger partial charge in [-0.25, -0.2) is 0 Å². The molecule has 112 valence electrons. The molecule has 3 aromatic rings. The lowest BCUT2D eigenvalue weighted by Gasteiger charge is -2.11. The van der Waals surface area contributed by atoms with E-state index in [1.807, 2.05) is 43.3 Å². The van der Waals surface area contributed by atoms with Crippen LogP contribution < -0.4 is 10.3 Å². The molecule has 1 heterocycles. The van der Waals surface area contributed by atoms with Gasteiger partial charge in [0.25, 0.3) is 5.56 Å². The third-order valence-corrected chi connectivity index (χ3v) is 3.44. The molecule has 1 aromatic heterocycles. The quantitative estimate of drug-likeness (QED) is 0.775. The molecule has 2 N–H and O–H groups in total. The Morgan fingerprint density at radius 2 is 1.86 bits per heavy atom. The average Bonchev–Trinajstić information content (AvgIpc) is 2.86. The first kappa shape index (κ1) is 14.0. The molecule has 0 atom stereocenters. The summed E-state index contributed by atoms with van der Waals surface area (Å²) in [6.07, 6.45) is 0. The van der Waals surface area contributed by atoms with Crippen LogP contribution in [0.1, 0.15) is 11.1 Å². The smallest absolute Gasteiger partial charge is 0.317 e. The first-order chi connectivity index (χ1) is 10.7. The van der Waals surface area contributed by atoms with Crippen LogP contribution in [-0.4, -0.2) is 10.3 Å². The van der Waals surface area contributed by atoms with Gasteiger partial charge in [-0.15, -0.1) is 0 Å². The Balaban J connectivity index is 1.93. The summed E-state index contributed by atoms with van der Waals surface area (Å²) in [5, 5.41) is 11.8. The van der Waals surface area contributed by atoms with E-state index in [-0.39, 0.29) is 12.2 Å². The van der Waals surface area contributed by atoms with Crippen LogP contribution in [0, 0.1) is 6.92 Å². The van der Waals surface area contributed by atoms with Gasteiger partial charge in [-0.1, -0.05) is 42.5 Å². The number of ether oxygens (including phenoxy) is 1. The Labute approximate surface area is 126 Å². The van der Waals surface area contributed by atoms with Gasteiger partial charge in [-0.2, -0.15) is 5.16 Å². The maximum absolute atomic E-state index is 11.8. The molecule has 22 heavy (non-hydrogen) atoms. The zero-order valence-corrected chi connectivity index (χ0v) is 12.0. The summed E-state index contributed by atoms with van der Waals surface area (Å²) in [5.41, 5.74) is 2.05. The van der Waals surface area contributed by atoms with Crippen molar-refractivity contribution in [2.24, 2.45) is 0 Å². The van der Waals surface area contributed by atoms with Gasteiger partial charge in [0.1, 0.15) is 17.9 Å². The van der Waals surface area contributed by atoms with E-state index in [0.29, 0.717) is 5.56 Å². The summed E-state index contributed by atoms with van der Waals surface area (Å²) in [7, 11) is 0. The van der Waals surface area contributed by atoms with E-state index < -0.39 is 11.5 Å². The number of aromatic hydroxyl groups is 1. The van der Waals surface area contributed by atoms with Crippen LogP contribution in [0.5, 0.6) is 11.7 Å². The Hall–Kier alpha value is -2.95. The minimum atomic E-state index is -0.471. The number of aryl methyl sites for hydroxylation is 1. The third kappa shape index (κ3) is 2.61. The highest BCUT2D eigenvalue weighted by atomic mass is 16.6. The zero-order valence-electron chi connectivity index (χ0n) is 12.0. The SMILES string of the molecule is Cc1ccccc1OCc1ccccc1-c1c(O)o[nH]c1=O. The Bertz CT molecular complexity index is 848. The van der Waals surface area contributed by atoms with Gasteiger partial charge < -0.3 is 14.4 Å². The van der Waals surface area contributed by atoms with Crippen molar-refractivity contribution in [3.05, 3.63) is 70.0 Å². The number of nitrogens with one attached hydrogen (secondary N) is 1. The second kappa shape index (κ2) is 5.81. The molecule has 5 heteroatoms. The number of hydrogen-bond donors (Lipinski definition) is 2. The monoisotopic (exact) mass is 297 g/mol. The van der Waals surface area contributed by atoms with Gasteiger partial charge >= 0.3 is 5.95 Å². The average molecular weight is 297 g/mol. The molecule has 0 saturated carbocycles. The minimum absolute atomic E-state index is 0.115. The predicted octanol–water partition coefficient (Wildman–Crippen LogP) is 3.23. The molecule has 0 saturated heterocycles. The van der Waals surface area contributed by atoms with E-state index in [0.717, 1.165) is 16.9 Å². The third-order valence-electron chi connectivity index (χ3n) is 3.44. The molecule has 0 amide bonds. The van der Waals surface area contributed by atoms with Crippen molar-refractivity contribution in [2.75, 3.05) is 0 Å². The van der Waals surface area contributed by atoms with Crippen LogP contribution in [-0.2, 0) is 6.61 Å². The number of aromatic nitrogens is 1. The lowest BCUT2D eigenvalue weighted by Crippen LogP contribution is -2.05. The highest BCUT2D eigenvalue weighted by molar-refractivity contribution is 5.69. The van der Waals surface area contributed by atoms with Crippen LogP contribution in [0.25, 0.3) is 11.1 Å². The molecule has 0 radical (unpaired) electrons. The lowest BCUT2D eigenvalue weighted by molar-refractivity contribution is 0.277. The predicted molar refractivity (Wildman–Crippen MR) is 81.9 cm³/mol. The second-order valence-corrected chi connectivity index (χ2v) is 4.92. The van der Waals surface area contributed by atoms with Gasteiger partial charge in [0.05, 0.1) is 0 Å². The molecule has 0 unspecified atom stereocenters. The number of aromatic amines is 1. The lowest BCUT2D eigenvalue weighted by atomic mass is 10.0. The summed E-state index contributed by atoms with van der Waals surface area (Å²) < 4.78 is 10.5. The standard InChI is InChI=1S/C17H15NO4/c1-11-6-2-5-9-14(11)21-10-12-7-3-4-8-13(12)15-16(19)18-22-17(15)20/h2-9,20H,10H2,1H3,(H,18,19). The van der Waals surface area contributed by atoms with Crippen molar-refractivity contribution < 1.29 is 14.4 Å². The Morgan fingerprint density at radius 3 is 2.59 bits per heavy atom. The minimum Gasteiger partial charge on any atom is -0.489 e. The van der Waals surface area contributed by atoms with E-state index in [2.05, 4.69) is 9.68 Å². The van der Waals surface area contributed by atoms with Crippen LogP contribution in [0.4, 0.5) is 0 Å². The second-order valence-electron chi connectivity index (χ2n) is 4.92. The fourth-order valence-corrected chi connectivity index (χ4v) is 2.30. The largest absolute Gasteiger partial charge is 0.489 e. The number of rotatable bonds is 4. The van der Waals surface area contributed by atoms with Crippen molar-refractivity contribution in [2.45, 2.75) is 13.5 Å². The first-order valence-corrected chi connectivity index (χ1v) is 6.84. The molecule has 0 aliphatic rings. The Kier molecular flexibility index (Phi) is 3.70. The van der Waals surface area contributed by atoms with Crippen molar-refractivity contribution >= 4 is 0 Å². The van der Waals surface area contributed by atoms with E-state index >= 15 is 0 Å². The van der Waals surface area contributed by atoms with Gasteiger partial charge in [0.2, 0.25) is 0 Å². The molecule has 0 spiro atoms. The van der Waals surface area contributed by atoms with E-state index in [1.165, 1.54) is 0 Å². The molecule has 2 aromatic carbocycles. The van der Waals surface area contributed by atoms with E-state index in [1.54, 1.807) is 12.1 Å². The highest BCUT2D eigenvalue weighted by Gasteiger charge is 2.17. The summed E-state index contributed by atoms with van der Waals surface area (Å²) in [4.78, 5) is 11.8. The first-order valence-electron chi connectivity index (χ1n) is 6.84. The Morgan fingerprint density at radius 1 is 1.14 bits per heavy atom. The van der Waals surface area contributed by atoms with Gasteiger partial charge in [0, 0.05) is 5.56 Å². The molecule has 0 fully saturated rings. The number of hydrogen-bond acceptors (Lipinski definition) is 4. The summed E-state index contributed by atoms with van der Waals surface area (Å²) in [6, 6.07) is 14.9. The van der Waals surface area contributed by atoms with Gasteiger partial charge in [-0.05, 0) is 24.1 Å². The molecule has 0 aliphatic carbocycles. The number of benzene rings is 2. The normalized spacial score (nSPS) is 10.6. The van der Waals surface area contributed by atoms with Gasteiger partial charge in [-0.3, -0.25) is 4.79 Å². The maximum atomic E-state index is 11.8. The van der Waals surface area contributed by atoms with Crippen molar-refractivity contribution in [3.63, 3.8) is 0 Å². The summed E-state index contributed by atoms with van der Waals surface area (Å²) in [6.45, 7) is 2.25. The topological polar surface area (TPSA) is 75.5 Å². The molecule has 0 aliphatic heterocycles. The number of H-pyrrole nitrogens is 1. The maximum Gasteiger partial charge on any atom is 0.317 e. The molecule has 0 bridgehead atoms. The van der Waals surface area contributed by atoms with Gasteiger partial charge in [0.15, 0.2) is 0 Å². The molecular formula is C17H15NO4. The fraction of sp³-hybridized carbons (Fsp3) is 0.118. The van der Waals surface area contributed by atoms with E-state index in [4.69, 9.17) is 4.74 Å². The molecule has 5 nitrogen and oxygen atoms in total. The highest BCUT2D eigenvalue weighted by Crippen LogP contribution is 2.29. The number of para-hydroxylation sites is 1. The fourth-order valence-electron chi connectivity index (χ4n) is 2.30. The van der Waals surface area contributed by atoms with Crippen molar-refractivity contribution in [3.8, 4) is 22.8 Å². The molecular weight excluding hydrogens is 282 g/mol. The zero-order chi connectivity index (χ0) is 15.5. The van der Waals surface area contributed by atoms with Crippen LogP contribution >= 0.6 is 0 Å². The van der Waals surface area contributed by atoms with Crippen LogP contribution in [0.3, 0.4) is 0 Å².